The Labute approximate surface area is 230 Å². The fourth-order valence-electron chi connectivity index (χ4n) is 6.04. The zero-order valence-corrected chi connectivity index (χ0v) is 22.1. The average Bonchev–Trinajstić information content (AvgIpc) is 3.31. The molecule has 4 fully saturated rings. The first-order valence-electron chi connectivity index (χ1n) is 13.4. The van der Waals surface area contributed by atoms with Crippen LogP contribution in [0.3, 0.4) is 0 Å². The van der Waals surface area contributed by atoms with Gasteiger partial charge in [0.1, 0.15) is 17.6 Å². The van der Waals surface area contributed by atoms with E-state index in [1.165, 1.54) is 0 Å². The smallest absolute Gasteiger partial charge is 0.393 e. The number of thiazole rings is 1. The van der Waals surface area contributed by atoms with E-state index in [-0.39, 0.29) is 45.1 Å². The van der Waals surface area contributed by atoms with E-state index >= 15 is 0 Å². The van der Waals surface area contributed by atoms with Crippen molar-refractivity contribution in [2.24, 2.45) is 5.92 Å². The number of aromatic nitrogens is 2. The summed E-state index contributed by atoms with van der Waals surface area (Å²) in [5, 5.41) is 14.4. The number of carbonyl (C=O) groups excluding carboxylic acids is 2. The van der Waals surface area contributed by atoms with Crippen LogP contribution in [0.25, 0.3) is 10.4 Å². The SMILES string of the molecule is O=C(N[C@H]1C[C@H](O)C1)c1nc(C(=O)N2C3CCC2CC3)c(-c2cnc(N[C@@H](C3CC3)C(F)(F)F)cc2C(F)F)s1. The molecule has 4 heterocycles. The van der Waals surface area contributed by atoms with Crippen LogP contribution < -0.4 is 10.6 Å². The minimum Gasteiger partial charge on any atom is -0.393 e. The summed E-state index contributed by atoms with van der Waals surface area (Å²) in [5.41, 5.74) is -0.899. The largest absolute Gasteiger partial charge is 0.408 e. The summed E-state index contributed by atoms with van der Waals surface area (Å²) < 4.78 is 69.3. The summed E-state index contributed by atoms with van der Waals surface area (Å²) in [4.78, 5) is 36.7. The molecule has 8 nitrogen and oxygen atoms in total. The van der Waals surface area contributed by atoms with Crippen LogP contribution in [0, 0.1) is 5.92 Å². The van der Waals surface area contributed by atoms with E-state index in [1.54, 1.807) is 4.90 Å². The van der Waals surface area contributed by atoms with Gasteiger partial charge in [0.2, 0.25) is 0 Å². The molecule has 14 heteroatoms. The molecule has 4 aliphatic rings. The van der Waals surface area contributed by atoms with E-state index in [0.29, 0.717) is 25.7 Å². The molecule has 6 rings (SSSR count). The van der Waals surface area contributed by atoms with Crippen LogP contribution in [0.4, 0.5) is 27.8 Å². The number of hydrogen-bond donors (Lipinski definition) is 3. The third-order valence-corrected chi connectivity index (χ3v) is 9.41. The Balaban J connectivity index is 1.36. The minimum absolute atomic E-state index is 0.0155. The van der Waals surface area contributed by atoms with Crippen LogP contribution in [-0.2, 0) is 0 Å². The van der Waals surface area contributed by atoms with Crippen molar-refractivity contribution < 1.29 is 36.6 Å². The van der Waals surface area contributed by atoms with E-state index in [9.17, 15) is 36.6 Å². The molecule has 2 amide bonds. The zero-order chi connectivity index (χ0) is 28.3. The molecule has 2 aromatic rings. The monoisotopic (exact) mass is 585 g/mol. The van der Waals surface area contributed by atoms with Gasteiger partial charge in [-0.25, -0.2) is 18.7 Å². The van der Waals surface area contributed by atoms with Crippen molar-refractivity contribution in [1.29, 1.82) is 0 Å². The van der Waals surface area contributed by atoms with E-state index in [1.807, 2.05) is 0 Å². The Kier molecular flexibility index (Phi) is 6.96. The first kappa shape index (κ1) is 27.3. The van der Waals surface area contributed by atoms with E-state index in [2.05, 4.69) is 20.6 Å². The molecule has 0 aromatic carbocycles. The number of hydrogen-bond acceptors (Lipinski definition) is 7. The number of nitrogens with one attached hydrogen (secondary N) is 2. The van der Waals surface area contributed by atoms with Crippen LogP contribution in [0.1, 0.15) is 83.6 Å². The number of nitrogens with zero attached hydrogens (tertiary/aromatic N) is 3. The molecule has 216 valence electrons. The second kappa shape index (κ2) is 10.2. The molecule has 2 saturated heterocycles. The second-order valence-electron chi connectivity index (χ2n) is 11.1. The summed E-state index contributed by atoms with van der Waals surface area (Å²) in [7, 11) is 0. The third kappa shape index (κ3) is 5.15. The number of pyridine rings is 1. The lowest BCUT2D eigenvalue weighted by atomic mass is 9.89. The van der Waals surface area contributed by atoms with Crippen molar-refractivity contribution in [2.75, 3.05) is 5.32 Å². The van der Waals surface area contributed by atoms with E-state index in [0.717, 1.165) is 49.3 Å². The van der Waals surface area contributed by atoms with Gasteiger partial charge in [0.15, 0.2) is 5.01 Å². The van der Waals surface area contributed by atoms with Gasteiger partial charge in [0.05, 0.1) is 11.0 Å². The van der Waals surface area contributed by atoms with Crippen molar-refractivity contribution in [3.63, 3.8) is 0 Å². The summed E-state index contributed by atoms with van der Waals surface area (Å²) >= 11 is 0.772. The lowest BCUT2D eigenvalue weighted by Crippen LogP contribution is -2.46. The number of aliphatic hydroxyl groups is 1. The van der Waals surface area contributed by atoms with Gasteiger partial charge in [-0.2, -0.15) is 13.2 Å². The van der Waals surface area contributed by atoms with Crippen molar-refractivity contribution >= 4 is 29.0 Å². The number of fused-ring (bicyclic) bond motifs is 2. The maximum atomic E-state index is 14.3. The molecule has 2 aliphatic carbocycles. The Morgan fingerprint density at radius 2 is 1.73 bits per heavy atom. The number of aliphatic hydroxyl groups excluding tert-OH is 1. The Morgan fingerprint density at radius 3 is 2.27 bits per heavy atom. The number of amides is 2. The van der Waals surface area contributed by atoms with Gasteiger partial charge in [-0.3, -0.25) is 9.59 Å². The quantitative estimate of drug-likeness (QED) is 0.380. The first-order valence-corrected chi connectivity index (χ1v) is 14.3. The van der Waals surface area contributed by atoms with Crippen molar-refractivity contribution in [3.8, 4) is 10.4 Å². The topological polar surface area (TPSA) is 107 Å². The summed E-state index contributed by atoms with van der Waals surface area (Å²) in [6.45, 7) is 0. The maximum Gasteiger partial charge on any atom is 0.408 e. The molecule has 0 unspecified atom stereocenters. The van der Waals surface area contributed by atoms with Gasteiger partial charge in [0.25, 0.3) is 18.2 Å². The number of halogens is 5. The molecule has 2 bridgehead atoms. The molecule has 40 heavy (non-hydrogen) atoms. The van der Waals surface area contributed by atoms with Crippen molar-refractivity contribution in [2.45, 2.75) is 94.2 Å². The maximum absolute atomic E-state index is 14.3. The lowest BCUT2D eigenvalue weighted by molar-refractivity contribution is -0.146. The molecule has 0 spiro atoms. The number of carbonyl (C=O) groups is 2. The van der Waals surface area contributed by atoms with Crippen molar-refractivity contribution in [1.82, 2.24) is 20.2 Å². The molecule has 1 atom stereocenters. The summed E-state index contributed by atoms with van der Waals surface area (Å²) in [5.74, 6) is -2.03. The van der Waals surface area contributed by atoms with E-state index < -0.39 is 48.0 Å². The number of rotatable bonds is 8. The summed E-state index contributed by atoms with van der Waals surface area (Å²) in [6, 6.07) is -1.25. The molecule has 2 aliphatic heterocycles. The predicted octanol–water partition coefficient (Wildman–Crippen LogP) is 4.92. The van der Waals surface area contributed by atoms with Gasteiger partial charge in [0, 0.05) is 35.4 Å². The highest BCUT2D eigenvalue weighted by atomic mass is 32.1. The predicted molar refractivity (Wildman–Crippen MR) is 135 cm³/mol. The van der Waals surface area contributed by atoms with Gasteiger partial charge in [-0.1, -0.05) is 0 Å². The van der Waals surface area contributed by atoms with Gasteiger partial charge in [-0.05, 0) is 63.4 Å². The fraction of sp³-hybridized carbons (Fsp3) is 0.615. The van der Waals surface area contributed by atoms with Gasteiger partial charge >= 0.3 is 6.18 Å². The molecule has 2 saturated carbocycles. The summed E-state index contributed by atoms with van der Waals surface area (Å²) in [6.07, 6.45) is -2.31. The van der Waals surface area contributed by atoms with Crippen LogP contribution in [0.5, 0.6) is 0 Å². The number of anilines is 1. The van der Waals surface area contributed by atoms with Crippen LogP contribution in [0.2, 0.25) is 0 Å². The molecular weight excluding hydrogens is 557 g/mol. The average molecular weight is 586 g/mol. The molecule has 2 aromatic heterocycles. The molecular formula is C26H28F5N5O3S. The first-order chi connectivity index (χ1) is 19.0. The van der Waals surface area contributed by atoms with Crippen LogP contribution in [0.15, 0.2) is 12.3 Å². The second-order valence-corrected chi connectivity index (χ2v) is 12.1. The van der Waals surface area contributed by atoms with Gasteiger partial charge < -0.3 is 20.6 Å². The highest BCUT2D eigenvalue weighted by Crippen LogP contribution is 2.44. The third-order valence-electron chi connectivity index (χ3n) is 8.33. The lowest BCUT2D eigenvalue weighted by Gasteiger charge is -2.31. The molecule has 0 radical (unpaired) electrons. The zero-order valence-electron chi connectivity index (χ0n) is 21.3. The van der Waals surface area contributed by atoms with Crippen molar-refractivity contribution in [3.05, 3.63) is 28.5 Å². The van der Waals surface area contributed by atoms with E-state index in [4.69, 9.17) is 0 Å². The Morgan fingerprint density at radius 1 is 1.07 bits per heavy atom. The van der Waals surface area contributed by atoms with Gasteiger partial charge in [-0.15, -0.1) is 11.3 Å². The Hall–Kier alpha value is -2.87. The Bertz CT molecular complexity index is 1290. The fourth-order valence-corrected chi connectivity index (χ4v) is 7.03. The van der Waals surface area contributed by atoms with Crippen LogP contribution in [-0.4, -0.2) is 68.2 Å². The standard InChI is InChI=1S/C26H28F5N5O3S/c27-22(28)16-9-18(34-21(11-1-2-11)26(29,30)31)32-10-17(16)20-19(25(39)36-13-3-4-14(36)6-5-13)35-24(40-20)23(38)33-12-7-15(37)8-12/h9-15,21-22,37H,1-8H2,(H,32,34)(H,33,38)/t12-,13?,14?,15-,21-/m0/s1. The highest BCUT2D eigenvalue weighted by Gasteiger charge is 2.49. The highest BCUT2D eigenvalue weighted by molar-refractivity contribution is 7.17. The molecule has 3 N–H and O–H groups in total. The normalized spacial score (nSPS) is 26.6. The number of alkyl halides is 5. The minimum atomic E-state index is -4.57. The van der Waals surface area contributed by atoms with Crippen LogP contribution >= 0.6 is 11.3 Å².